The van der Waals surface area contributed by atoms with E-state index >= 15 is 0 Å². The molecule has 0 aliphatic carbocycles. The second kappa shape index (κ2) is 18.1. The molecule has 4 N–H and O–H groups in total. The largest absolute Gasteiger partial charge is 0.458 e. The molecule has 4 heterocycles. The SMILES string of the molecule is Cc1ccc(CC(=O)N[C@@H](Cc2cccc(C)c2)C(=O)N[C@@H]2C(=O)N3C[C@H](O)C[C@H]3C(=O)N3CCCC[C@H]3C(=O)N[C@@H](C)C(=O)N3C[C@H](C)C[C@H]3C(=O)O[C@H]2C)cc1. The molecule has 2 aromatic carbocycles. The van der Waals surface area contributed by atoms with E-state index in [1.54, 1.807) is 6.92 Å². The second-order valence-corrected chi connectivity index (χ2v) is 16.6. The summed E-state index contributed by atoms with van der Waals surface area (Å²) >= 11 is 0. The number of aryl methyl sites for hydroxylation is 2. The van der Waals surface area contributed by atoms with Gasteiger partial charge < -0.3 is 40.5 Å². The number of carbonyl (C=O) groups excluding carboxylic acids is 7. The van der Waals surface area contributed by atoms with Gasteiger partial charge in [0.25, 0.3) is 0 Å². The third kappa shape index (κ3) is 9.68. The minimum Gasteiger partial charge on any atom is -0.458 e. The van der Waals surface area contributed by atoms with E-state index < -0.39 is 89.9 Å². The molecule has 0 saturated carbocycles. The van der Waals surface area contributed by atoms with Crippen molar-refractivity contribution in [1.29, 1.82) is 0 Å². The fourth-order valence-electron chi connectivity index (χ4n) is 8.65. The first kappa shape index (κ1) is 42.3. The third-order valence-electron chi connectivity index (χ3n) is 11.7. The number of piperidine rings is 1. The number of carbonyl (C=O) groups is 7. The van der Waals surface area contributed by atoms with Gasteiger partial charge in [0.2, 0.25) is 35.4 Å². The standard InChI is InChI=1S/C43H56N6O9/c1-24-12-14-29(15-13-24)20-36(51)45-32(19-30-10-8-9-25(2)17-30)38(52)46-37-28(5)58-43(57)35-18-26(3)22-48(35)40(54)27(4)44-39(53)33-11-6-7-16-47(33)41(55)34-21-31(50)23-49(34)42(37)56/h8-10,12-15,17,26-28,31-35,37,50H,6-7,11,16,18-23H2,1-5H3,(H,44,53)(H,45,51)(H,46,52)/t26-,27+,28+,31-,32+,33+,34+,35+,37+/m1/s1. The Bertz CT molecular complexity index is 1900. The first-order valence-electron chi connectivity index (χ1n) is 20.4. The first-order chi connectivity index (χ1) is 27.6. The lowest BCUT2D eigenvalue weighted by molar-refractivity contribution is -0.163. The molecule has 9 atom stereocenters. The van der Waals surface area contributed by atoms with Crippen LogP contribution in [0, 0.1) is 19.8 Å². The van der Waals surface area contributed by atoms with E-state index in [0.29, 0.717) is 19.3 Å². The van der Waals surface area contributed by atoms with E-state index in [1.165, 1.54) is 21.6 Å². The molecule has 0 bridgehead atoms. The fraction of sp³-hybridized carbons (Fsp3) is 0.558. The van der Waals surface area contributed by atoms with Crippen LogP contribution in [0.15, 0.2) is 48.5 Å². The highest BCUT2D eigenvalue weighted by Crippen LogP contribution is 2.29. The molecule has 4 aliphatic rings. The molecule has 0 spiro atoms. The molecule has 4 fully saturated rings. The van der Waals surface area contributed by atoms with E-state index in [4.69, 9.17) is 4.74 Å². The van der Waals surface area contributed by atoms with Crippen LogP contribution in [-0.2, 0) is 51.1 Å². The van der Waals surface area contributed by atoms with Crippen LogP contribution in [0.3, 0.4) is 0 Å². The number of aliphatic hydroxyl groups is 1. The summed E-state index contributed by atoms with van der Waals surface area (Å²) in [6, 6.07) is 8.03. The highest BCUT2D eigenvalue weighted by atomic mass is 16.5. The highest BCUT2D eigenvalue weighted by molar-refractivity contribution is 5.98. The molecular weight excluding hydrogens is 745 g/mol. The highest BCUT2D eigenvalue weighted by Gasteiger charge is 2.49. The molecule has 6 amide bonds. The summed E-state index contributed by atoms with van der Waals surface area (Å²) in [4.78, 5) is 103. The fourth-order valence-corrected chi connectivity index (χ4v) is 8.65. The lowest BCUT2D eigenvalue weighted by Crippen LogP contribution is -2.63. The zero-order valence-electron chi connectivity index (χ0n) is 33.9. The van der Waals surface area contributed by atoms with Gasteiger partial charge in [0, 0.05) is 32.5 Å². The number of esters is 1. The van der Waals surface area contributed by atoms with E-state index in [0.717, 1.165) is 22.3 Å². The predicted molar refractivity (Wildman–Crippen MR) is 212 cm³/mol. The van der Waals surface area contributed by atoms with Crippen molar-refractivity contribution in [2.45, 2.75) is 128 Å². The number of nitrogens with one attached hydrogen (secondary N) is 3. The molecule has 0 radical (unpaired) electrons. The molecule has 6 rings (SSSR count). The average Bonchev–Trinajstić information content (AvgIpc) is 3.78. The smallest absolute Gasteiger partial charge is 0.329 e. The van der Waals surface area contributed by atoms with Crippen molar-refractivity contribution in [1.82, 2.24) is 30.7 Å². The summed E-state index contributed by atoms with van der Waals surface area (Å²) in [7, 11) is 0. The van der Waals surface area contributed by atoms with Crippen LogP contribution in [0.2, 0.25) is 0 Å². The minimum absolute atomic E-state index is 0.00707. The zero-order chi connectivity index (χ0) is 41.8. The van der Waals surface area contributed by atoms with Gasteiger partial charge in [0.15, 0.2) is 0 Å². The van der Waals surface area contributed by atoms with Gasteiger partial charge in [0.1, 0.15) is 42.4 Å². The molecule has 0 aromatic heterocycles. The van der Waals surface area contributed by atoms with E-state index in [9.17, 15) is 38.7 Å². The first-order valence-corrected chi connectivity index (χ1v) is 20.4. The zero-order valence-corrected chi connectivity index (χ0v) is 33.9. The lowest BCUT2D eigenvalue weighted by Gasteiger charge is -2.39. The summed E-state index contributed by atoms with van der Waals surface area (Å²) < 4.78 is 5.95. The minimum atomic E-state index is -1.57. The summed E-state index contributed by atoms with van der Waals surface area (Å²) in [5.41, 5.74) is 3.46. The number of hydrogen-bond acceptors (Lipinski definition) is 9. The maximum atomic E-state index is 14.8. The van der Waals surface area contributed by atoms with Crippen molar-refractivity contribution in [2.75, 3.05) is 19.6 Å². The topological polar surface area (TPSA) is 195 Å². The van der Waals surface area contributed by atoms with Crippen LogP contribution in [0.25, 0.3) is 0 Å². The Labute approximate surface area is 339 Å². The maximum Gasteiger partial charge on any atom is 0.329 e. The number of cyclic esters (lactones) is 1. The van der Waals surface area contributed by atoms with Crippen molar-refractivity contribution in [3.63, 3.8) is 0 Å². The molecule has 4 aliphatic heterocycles. The van der Waals surface area contributed by atoms with Crippen LogP contribution in [-0.4, -0.2) is 129 Å². The van der Waals surface area contributed by atoms with Crippen molar-refractivity contribution in [3.05, 3.63) is 70.8 Å². The predicted octanol–water partition coefficient (Wildman–Crippen LogP) is 1.09. The molecule has 2 aromatic rings. The van der Waals surface area contributed by atoms with Crippen molar-refractivity contribution in [2.24, 2.45) is 5.92 Å². The van der Waals surface area contributed by atoms with Gasteiger partial charge in [-0.2, -0.15) is 0 Å². The molecular formula is C43H56N6O9. The number of aliphatic hydroxyl groups excluding tert-OH is 1. The summed E-state index contributed by atoms with van der Waals surface area (Å²) in [6.45, 7) is 8.95. The monoisotopic (exact) mass is 800 g/mol. The Morgan fingerprint density at radius 2 is 1.55 bits per heavy atom. The van der Waals surface area contributed by atoms with E-state index in [-0.39, 0.29) is 51.2 Å². The molecule has 15 heteroatoms. The number of nitrogens with zero attached hydrogens (tertiary/aromatic N) is 3. The number of hydrogen-bond donors (Lipinski definition) is 4. The Kier molecular flexibility index (Phi) is 13.2. The Morgan fingerprint density at radius 3 is 2.28 bits per heavy atom. The van der Waals surface area contributed by atoms with Crippen LogP contribution in [0.1, 0.15) is 75.1 Å². The second-order valence-electron chi connectivity index (χ2n) is 16.6. The van der Waals surface area contributed by atoms with Gasteiger partial charge in [-0.15, -0.1) is 0 Å². The van der Waals surface area contributed by atoms with Gasteiger partial charge >= 0.3 is 5.97 Å². The molecule has 58 heavy (non-hydrogen) atoms. The summed E-state index contributed by atoms with van der Waals surface area (Å²) in [5, 5.41) is 19.3. The molecule has 15 nitrogen and oxygen atoms in total. The number of amides is 6. The Balaban J connectivity index is 1.34. The van der Waals surface area contributed by atoms with Gasteiger partial charge in [0.05, 0.1) is 12.5 Å². The molecule has 4 saturated heterocycles. The molecule has 312 valence electrons. The maximum absolute atomic E-state index is 14.8. The Hall–Kier alpha value is -5.31. The number of ether oxygens (including phenoxy) is 1. The van der Waals surface area contributed by atoms with Crippen molar-refractivity contribution < 1.29 is 43.4 Å². The summed E-state index contributed by atoms with van der Waals surface area (Å²) in [5.74, 6) is -4.37. The molecule has 0 unspecified atom stereocenters. The quantitative estimate of drug-likeness (QED) is 0.297. The van der Waals surface area contributed by atoms with Gasteiger partial charge in [-0.25, -0.2) is 4.79 Å². The van der Waals surface area contributed by atoms with Crippen LogP contribution in [0.5, 0.6) is 0 Å². The third-order valence-corrected chi connectivity index (χ3v) is 11.7. The van der Waals surface area contributed by atoms with Crippen molar-refractivity contribution >= 4 is 41.4 Å². The number of rotatable bonds is 7. The van der Waals surface area contributed by atoms with Gasteiger partial charge in [-0.3, -0.25) is 28.8 Å². The Morgan fingerprint density at radius 1 is 0.828 bits per heavy atom. The summed E-state index contributed by atoms with van der Waals surface area (Å²) in [6.07, 6.45) is -0.566. The van der Waals surface area contributed by atoms with E-state index in [1.807, 2.05) is 69.3 Å². The normalized spacial score (nSPS) is 28.9. The lowest BCUT2D eigenvalue weighted by atomic mass is 9.98. The number of benzene rings is 2. The van der Waals surface area contributed by atoms with Gasteiger partial charge in [-0.1, -0.05) is 66.6 Å². The van der Waals surface area contributed by atoms with Crippen LogP contribution in [0.4, 0.5) is 0 Å². The van der Waals surface area contributed by atoms with Crippen LogP contribution < -0.4 is 16.0 Å². The average molecular weight is 801 g/mol. The van der Waals surface area contributed by atoms with E-state index in [2.05, 4.69) is 16.0 Å². The number of fused-ring (bicyclic) bond motifs is 3. The van der Waals surface area contributed by atoms with Gasteiger partial charge in [-0.05, 0) is 70.4 Å². The van der Waals surface area contributed by atoms with Crippen molar-refractivity contribution in [3.8, 4) is 0 Å². The van der Waals surface area contributed by atoms with Crippen LogP contribution >= 0.6 is 0 Å².